The summed E-state index contributed by atoms with van der Waals surface area (Å²) in [7, 11) is 0. The first-order valence-electron chi connectivity index (χ1n) is 46.1. The Morgan fingerprint density at radius 1 is 0.331 bits per heavy atom. The van der Waals surface area contributed by atoms with E-state index in [1.54, 1.807) is 0 Å². The van der Waals surface area contributed by atoms with Crippen LogP contribution in [0, 0.1) is 61.4 Å². The van der Waals surface area contributed by atoms with Gasteiger partial charge in [-0.05, 0) is 154 Å². The average molecular weight is 1900 g/mol. The average Bonchev–Trinajstić information content (AvgIpc) is 0.691. The summed E-state index contributed by atoms with van der Waals surface area (Å²) < 4.78 is 151. The number of rotatable bonds is 6. The molecule has 0 unspecified atom stereocenters. The summed E-state index contributed by atoms with van der Waals surface area (Å²) >= 11 is 26.7. The van der Waals surface area contributed by atoms with Crippen LogP contribution in [-0.4, -0.2) is 112 Å². The van der Waals surface area contributed by atoms with Gasteiger partial charge in [-0.2, -0.15) is 0 Å². The van der Waals surface area contributed by atoms with E-state index in [9.17, 15) is 42.9 Å². The number of hydrogen-bond donors (Lipinski definition) is 3. The van der Waals surface area contributed by atoms with Gasteiger partial charge in [-0.1, -0.05) is 102 Å². The molecule has 9 aromatic rings. The van der Waals surface area contributed by atoms with Gasteiger partial charge in [0.05, 0.1) is 42.3 Å². The summed E-state index contributed by atoms with van der Waals surface area (Å²) in [6, 6.07) is 12.0. The number of aryl methyl sites for hydroxylation is 4. The van der Waals surface area contributed by atoms with Crippen LogP contribution in [0.25, 0.3) is 16.7 Å². The number of halogens is 12. The molecule has 15 aliphatic rings. The van der Waals surface area contributed by atoms with Crippen molar-refractivity contribution in [3.05, 3.63) is 266 Å². The van der Waals surface area contributed by atoms with Gasteiger partial charge in [0, 0.05) is 205 Å². The van der Waals surface area contributed by atoms with Gasteiger partial charge < -0.3 is 59.1 Å². The lowest BCUT2D eigenvalue weighted by molar-refractivity contribution is 0.0678. The van der Waals surface area contributed by atoms with Crippen molar-refractivity contribution in [2.45, 2.75) is 205 Å². The first-order chi connectivity index (χ1) is 62.5. The molecule has 0 spiro atoms. The molecule has 133 heavy (non-hydrogen) atoms. The second-order valence-electron chi connectivity index (χ2n) is 40.7. The van der Waals surface area contributed by atoms with Crippen molar-refractivity contribution >= 4 is 98.1 Å². The standard InChI is InChI=1S/C40H42F4N2O3.C32H26Cl4N2O3.C32H26F4N2O3.2CH3/c1-37(2)9-13-45-15-11-39(5,6)26-32(45)21(37)17-19-23(24-25(36(47)48)29(42)31(44)30(43)28(24)41)20-18-22-33-27(35(20)49-34(19)26)40(7,8)12-16-46(33)14-10-38(22,3)4;2*33-24-22(23(32(39)40)25(34)27(36)26(24)35)21-19-13-15-5-1-9-37-11-3-7-17(28(15)37)30(19)41-31-18-8-4-12-38-10-2-6-16(29(18)38)14-20(21)31;;/h17-18H,9-16H2,1-8H3;2*13-14H,1-12H2;2*1H3/q;;;2*-1/p+3. The number of carboxylic acid groups (broad SMARTS) is 3. The number of carboxylic acids is 3. The van der Waals surface area contributed by atoms with Gasteiger partial charge in [0.1, 0.15) is 84.9 Å². The van der Waals surface area contributed by atoms with Crippen molar-refractivity contribution in [2.24, 2.45) is 0 Å². The third kappa shape index (κ3) is 13.4. The van der Waals surface area contributed by atoms with E-state index in [0.717, 1.165) is 283 Å². The normalized spacial score (nSPS) is 19.3. The summed E-state index contributed by atoms with van der Waals surface area (Å²) in [5.74, 6) is -17.2. The van der Waals surface area contributed by atoms with E-state index in [2.05, 4.69) is 95.9 Å². The number of hydrogen-bond acceptors (Lipinski definition) is 9. The van der Waals surface area contributed by atoms with Gasteiger partial charge in [0.15, 0.2) is 46.5 Å². The van der Waals surface area contributed by atoms with Crippen molar-refractivity contribution in [3.63, 3.8) is 0 Å². The molecule has 0 aliphatic carbocycles. The monoisotopic (exact) mass is 1900 g/mol. The summed E-state index contributed by atoms with van der Waals surface area (Å²) in [4.78, 5) is 45.2. The van der Waals surface area contributed by atoms with Crippen LogP contribution in [0.4, 0.5) is 52.2 Å². The third-order valence-electron chi connectivity index (χ3n) is 31.3. The van der Waals surface area contributed by atoms with Gasteiger partial charge in [-0.15, -0.1) is 0 Å². The van der Waals surface area contributed by atoms with Crippen LogP contribution in [-0.2, 0) is 73.0 Å². The fourth-order valence-electron chi connectivity index (χ4n) is 25.0. The lowest BCUT2D eigenvalue weighted by Gasteiger charge is -2.49. The molecule has 0 radical (unpaired) electrons. The molecule has 9 aromatic carbocycles. The molecule has 24 rings (SSSR count). The van der Waals surface area contributed by atoms with Crippen LogP contribution in [0.1, 0.15) is 264 Å². The van der Waals surface area contributed by atoms with Crippen molar-refractivity contribution < 1.29 is 79.0 Å². The third-order valence-corrected chi connectivity index (χ3v) is 33.1. The van der Waals surface area contributed by atoms with E-state index in [1.807, 2.05) is 24.3 Å². The molecule has 0 fully saturated rings. The first kappa shape index (κ1) is 90.6. The van der Waals surface area contributed by atoms with E-state index < -0.39 is 97.5 Å². The number of nitrogens with zero attached hydrogens (tertiary/aromatic N) is 6. The highest BCUT2D eigenvalue weighted by atomic mass is 35.5. The van der Waals surface area contributed by atoms with Crippen molar-refractivity contribution in [1.82, 2.24) is 13.7 Å². The van der Waals surface area contributed by atoms with Gasteiger partial charge in [-0.3, -0.25) is 0 Å². The van der Waals surface area contributed by atoms with Crippen LogP contribution in [0.2, 0.25) is 20.1 Å². The molecule has 0 saturated heterocycles. The van der Waals surface area contributed by atoms with E-state index in [4.69, 9.17) is 60.6 Å². The van der Waals surface area contributed by atoms with E-state index in [0.29, 0.717) is 68.5 Å². The minimum Gasteiger partial charge on any atom is -0.478 e. The molecule has 0 bridgehead atoms. The molecule has 15 nitrogen and oxygen atoms in total. The Morgan fingerprint density at radius 2 is 0.699 bits per heavy atom. The zero-order valence-electron chi connectivity index (χ0n) is 76.1. The Bertz CT molecular complexity index is 7000. The molecule has 0 saturated carbocycles. The second kappa shape index (κ2) is 32.2. The van der Waals surface area contributed by atoms with Crippen LogP contribution in [0.3, 0.4) is 0 Å². The van der Waals surface area contributed by atoms with E-state index >= 15 is 22.0 Å². The SMILES string of the molecule is CC1(C)CCN2CCC(C)(C)c3c4c(cc1c32)C(c1c(F)c(F)c(F)c(F)c1C(=O)O)=c1cc2c3c(c1O4)C(C)(C)CC[N+]=3CCC2(C)C.O=C(O)c1c(Cl)c(Cl)c(Cl)c(Cl)c1C1=c2cc3c4c(c2Oc2c1cc1c5c2CCCN5CCC1)CCC[N+]=4CCC3.O=C(O)c1c(F)c(F)c(F)c(F)c1C1=c2cc3c4c(c2Oc2c1cc1c5c2CCCN5CCC1)CCC[N+]=4CCC3.[CH3-].[CH3-]. The van der Waals surface area contributed by atoms with Crippen LogP contribution in [0.5, 0.6) is 34.5 Å². The molecule has 0 amide bonds. The summed E-state index contributed by atoms with van der Waals surface area (Å²) in [6.45, 7) is 28.3. The van der Waals surface area contributed by atoms with Crippen molar-refractivity contribution in [3.8, 4) is 34.5 Å². The molecule has 15 heterocycles. The number of aromatic carboxylic acids is 3. The van der Waals surface area contributed by atoms with Crippen molar-refractivity contribution in [1.29, 1.82) is 0 Å². The smallest absolute Gasteiger partial charge is 0.339 e. The predicted octanol–water partition coefficient (Wildman–Crippen LogP) is 19.0. The Balaban J connectivity index is 0.000000124. The maximum Gasteiger partial charge on any atom is 0.339 e. The molecule has 3 N–H and O–H groups in total. The first-order valence-corrected chi connectivity index (χ1v) is 47.6. The summed E-state index contributed by atoms with van der Waals surface area (Å²) in [5.41, 5.74) is 13.1. The molecule has 0 atom stereocenters. The Hall–Kier alpha value is -10.2. The topological polar surface area (TPSA) is 158 Å². The minimum atomic E-state index is -2.15. The molecule has 27 heteroatoms. The largest absolute Gasteiger partial charge is 0.478 e. The van der Waals surface area contributed by atoms with Crippen LogP contribution in [0.15, 0.2) is 36.4 Å². The van der Waals surface area contributed by atoms with Gasteiger partial charge >= 0.3 is 17.9 Å². The van der Waals surface area contributed by atoms with Gasteiger partial charge in [-0.25, -0.2) is 63.2 Å². The number of ether oxygens (including phenoxy) is 3. The number of carbonyl (C=O) groups is 3. The Morgan fingerprint density at radius 3 is 1.18 bits per heavy atom. The number of anilines is 3. The van der Waals surface area contributed by atoms with Gasteiger partial charge in [0.25, 0.3) is 0 Å². The maximum atomic E-state index is 16.5. The lowest BCUT2D eigenvalue weighted by Crippen LogP contribution is -2.54. The molecular formula is C106H103Cl4F8N6O9+. The predicted molar refractivity (Wildman–Crippen MR) is 501 cm³/mol. The van der Waals surface area contributed by atoms with E-state index in [1.165, 1.54) is 33.3 Å². The summed E-state index contributed by atoms with van der Waals surface area (Å²) in [5, 5.41) is 35.9. The minimum absolute atomic E-state index is 0. The quantitative estimate of drug-likeness (QED) is 0.0476. The number of benzene rings is 9. The summed E-state index contributed by atoms with van der Waals surface area (Å²) in [6.07, 6.45) is 17.8. The fourth-order valence-corrected chi connectivity index (χ4v) is 26.0. The molecular weight excluding hydrogens is 1790 g/mol. The fraction of sp³-hybridized carbons (Fsp3) is 0.415. The maximum absolute atomic E-state index is 16.5. The second-order valence-corrected chi connectivity index (χ2v) is 42.2. The lowest BCUT2D eigenvalue weighted by atomic mass is 9.67. The Kier molecular flexibility index (Phi) is 22.0. The number of fused-ring (bicyclic) bond motifs is 12. The van der Waals surface area contributed by atoms with Crippen molar-refractivity contribution in [2.75, 3.05) is 93.2 Å². The van der Waals surface area contributed by atoms with Gasteiger partial charge in [0.2, 0.25) is 16.1 Å². The highest BCUT2D eigenvalue weighted by Gasteiger charge is 2.51. The zero-order chi connectivity index (χ0) is 91.6. The van der Waals surface area contributed by atoms with Crippen LogP contribution >= 0.6 is 46.4 Å². The molecule has 694 valence electrons. The zero-order valence-corrected chi connectivity index (χ0v) is 79.1. The highest BCUT2D eigenvalue weighted by molar-refractivity contribution is 6.53. The molecule has 0 aromatic heterocycles. The van der Waals surface area contributed by atoms with E-state index in [-0.39, 0.29) is 62.5 Å². The van der Waals surface area contributed by atoms with Crippen LogP contribution < -0.4 is 74.4 Å². The molecule has 15 aliphatic heterocycles. The Labute approximate surface area is 785 Å². The highest BCUT2D eigenvalue weighted by Crippen LogP contribution is 2.60.